The molecule has 5 heteroatoms. The van der Waals surface area contributed by atoms with Crippen molar-refractivity contribution >= 4 is 17.5 Å². The Morgan fingerprint density at radius 3 is 2.37 bits per heavy atom. The van der Waals surface area contributed by atoms with Crippen LogP contribution >= 0.6 is 0 Å². The second-order valence-electron chi connectivity index (χ2n) is 10.7. The van der Waals surface area contributed by atoms with Crippen LogP contribution in [0.1, 0.15) is 66.2 Å². The van der Waals surface area contributed by atoms with Gasteiger partial charge in [-0.05, 0) is 44.9 Å². The van der Waals surface area contributed by atoms with Crippen molar-refractivity contribution in [2.75, 3.05) is 6.61 Å². The van der Waals surface area contributed by atoms with Gasteiger partial charge >= 0.3 is 5.97 Å². The minimum absolute atomic E-state index is 0.0649. The number of carbonyl (C=O) groups is 3. The van der Waals surface area contributed by atoms with Crippen molar-refractivity contribution in [1.82, 2.24) is 0 Å². The number of cyclic esters (lactones) is 1. The summed E-state index contributed by atoms with van der Waals surface area (Å²) in [5.74, 6) is 0.700. The SMILES string of the molecule is CC1(C)O[C@H]2CC(=O)OC[C@]23C2CC[C@@]4(C)C(=O)CC[C@H]4[C@]2(C)C(=O)C[C@@H]13. The highest BCUT2D eigenvalue weighted by atomic mass is 16.6. The summed E-state index contributed by atoms with van der Waals surface area (Å²) in [5.41, 5.74) is -1.64. The smallest absolute Gasteiger partial charge is 0.308 e. The first-order valence-corrected chi connectivity index (χ1v) is 10.5. The van der Waals surface area contributed by atoms with Gasteiger partial charge in [0.2, 0.25) is 0 Å². The van der Waals surface area contributed by atoms with Crippen LogP contribution in [0.4, 0.5) is 0 Å². The van der Waals surface area contributed by atoms with Crippen LogP contribution in [0.3, 0.4) is 0 Å². The molecule has 0 radical (unpaired) electrons. The van der Waals surface area contributed by atoms with Crippen LogP contribution in [0, 0.1) is 34.0 Å². The first kappa shape index (κ1) is 17.8. The third-order valence-electron chi connectivity index (χ3n) is 9.47. The van der Waals surface area contributed by atoms with Crippen LogP contribution in [-0.4, -0.2) is 35.8 Å². The van der Waals surface area contributed by atoms with E-state index in [0.717, 1.165) is 19.3 Å². The molecular weight excluding hydrogens is 344 g/mol. The quantitative estimate of drug-likeness (QED) is 0.610. The Bertz CT molecular complexity index is 756. The highest BCUT2D eigenvalue weighted by Crippen LogP contribution is 2.72. The van der Waals surface area contributed by atoms with Crippen molar-refractivity contribution in [1.29, 1.82) is 0 Å². The average molecular weight is 374 g/mol. The molecule has 2 saturated heterocycles. The first-order chi connectivity index (χ1) is 12.6. The van der Waals surface area contributed by atoms with Gasteiger partial charge in [0.25, 0.3) is 0 Å². The fourth-order valence-corrected chi connectivity index (χ4v) is 8.23. The Morgan fingerprint density at radius 1 is 0.889 bits per heavy atom. The van der Waals surface area contributed by atoms with E-state index in [1.54, 1.807) is 0 Å². The van der Waals surface area contributed by atoms with Crippen molar-refractivity contribution in [2.45, 2.75) is 77.9 Å². The lowest BCUT2D eigenvalue weighted by molar-refractivity contribution is -0.202. The van der Waals surface area contributed by atoms with Crippen LogP contribution in [0.2, 0.25) is 0 Å². The van der Waals surface area contributed by atoms with Crippen LogP contribution in [-0.2, 0) is 23.9 Å². The molecule has 0 bridgehead atoms. The fraction of sp³-hybridized carbons (Fsp3) is 0.864. The predicted molar refractivity (Wildman–Crippen MR) is 96.7 cm³/mol. The number of esters is 1. The van der Waals surface area contributed by atoms with Gasteiger partial charge in [-0.3, -0.25) is 14.4 Å². The van der Waals surface area contributed by atoms with Crippen molar-refractivity contribution in [2.24, 2.45) is 34.0 Å². The molecule has 0 aromatic rings. The van der Waals surface area contributed by atoms with Crippen LogP contribution in [0.25, 0.3) is 0 Å². The third kappa shape index (κ3) is 1.87. The molecular formula is C22H30O5. The number of Topliss-reactive ketones (excluding diaryl/α,β-unsaturated/α-hetero) is 2. The summed E-state index contributed by atoms with van der Waals surface area (Å²) in [6.07, 6.45) is 3.63. The maximum Gasteiger partial charge on any atom is 0.308 e. The summed E-state index contributed by atoms with van der Waals surface area (Å²) in [6, 6.07) is 0. The topological polar surface area (TPSA) is 69.7 Å². The monoisotopic (exact) mass is 374 g/mol. The maximum absolute atomic E-state index is 13.6. The van der Waals surface area contributed by atoms with Gasteiger partial charge in [0.1, 0.15) is 18.2 Å². The largest absolute Gasteiger partial charge is 0.465 e. The third-order valence-corrected chi connectivity index (χ3v) is 9.47. The highest BCUT2D eigenvalue weighted by molar-refractivity contribution is 5.92. The highest BCUT2D eigenvalue weighted by Gasteiger charge is 2.75. The van der Waals surface area contributed by atoms with Gasteiger partial charge in [-0.1, -0.05) is 13.8 Å². The normalized spacial score (nSPS) is 53.3. The molecule has 0 aromatic heterocycles. The minimum atomic E-state index is -0.526. The molecule has 0 aromatic carbocycles. The first-order valence-electron chi connectivity index (χ1n) is 10.5. The van der Waals surface area contributed by atoms with E-state index in [0.29, 0.717) is 31.0 Å². The van der Waals surface area contributed by atoms with E-state index >= 15 is 0 Å². The average Bonchev–Trinajstić information content (AvgIpc) is 3.00. The zero-order valence-corrected chi connectivity index (χ0v) is 16.8. The van der Waals surface area contributed by atoms with E-state index in [9.17, 15) is 14.4 Å². The van der Waals surface area contributed by atoms with Crippen molar-refractivity contribution < 1.29 is 23.9 Å². The Labute approximate surface area is 160 Å². The second-order valence-corrected chi connectivity index (χ2v) is 10.7. The van der Waals surface area contributed by atoms with Gasteiger partial charge in [0.05, 0.1) is 18.1 Å². The summed E-state index contributed by atoms with van der Waals surface area (Å²) in [4.78, 5) is 38.4. The summed E-state index contributed by atoms with van der Waals surface area (Å²) in [5, 5.41) is 0. The maximum atomic E-state index is 13.6. The van der Waals surface area contributed by atoms with Gasteiger partial charge in [-0.2, -0.15) is 0 Å². The Balaban J connectivity index is 1.66. The number of rotatable bonds is 0. The van der Waals surface area contributed by atoms with Gasteiger partial charge < -0.3 is 9.47 Å². The summed E-state index contributed by atoms with van der Waals surface area (Å²) in [7, 11) is 0. The summed E-state index contributed by atoms with van der Waals surface area (Å²) < 4.78 is 12.1. The summed E-state index contributed by atoms with van der Waals surface area (Å²) in [6.45, 7) is 8.67. The number of ketones is 2. The van der Waals surface area contributed by atoms with E-state index in [2.05, 4.69) is 27.7 Å². The molecule has 148 valence electrons. The van der Waals surface area contributed by atoms with E-state index < -0.39 is 11.0 Å². The van der Waals surface area contributed by atoms with Gasteiger partial charge in [0, 0.05) is 35.0 Å². The van der Waals surface area contributed by atoms with E-state index in [-0.39, 0.29) is 47.1 Å². The standard InChI is InChI=1S/C22H30O5/c1-19(2)14-9-16(24)21(4)12-5-6-15(23)20(12,3)8-7-13(21)22(14)11-26-18(25)10-17(22)27-19/h12-14,17H,5-11H2,1-4H3/t12-,13?,14+,17+,20-,21+,22-/m1/s1. The molecule has 0 N–H and O–H groups in total. The Hall–Kier alpha value is -1.23. The number of carbonyl (C=O) groups excluding carboxylic acids is 3. The van der Waals surface area contributed by atoms with Crippen LogP contribution in [0.5, 0.6) is 0 Å². The van der Waals surface area contributed by atoms with Crippen molar-refractivity contribution in [3.05, 3.63) is 0 Å². The van der Waals surface area contributed by atoms with Gasteiger partial charge in [0.15, 0.2) is 0 Å². The summed E-state index contributed by atoms with van der Waals surface area (Å²) >= 11 is 0. The molecule has 5 fully saturated rings. The van der Waals surface area contributed by atoms with E-state index in [1.807, 2.05) is 0 Å². The molecule has 1 spiro atoms. The lowest BCUT2D eigenvalue weighted by Gasteiger charge is -2.63. The molecule has 5 rings (SSSR count). The van der Waals surface area contributed by atoms with Crippen molar-refractivity contribution in [3.63, 3.8) is 0 Å². The zero-order chi connectivity index (χ0) is 19.4. The van der Waals surface area contributed by atoms with Gasteiger partial charge in [-0.25, -0.2) is 0 Å². The molecule has 0 amide bonds. The molecule has 7 atom stereocenters. The van der Waals surface area contributed by atoms with Crippen molar-refractivity contribution in [3.8, 4) is 0 Å². The molecule has 2 aliphatic heterocycles. The molecule has 1 unspecified atom stereocenters. The molecule has 5 aliphatic rings. The zero-order valence-electron chi connectivity index (χ0n) is 16.8. The molecule has 3 aliphatic carbocycles. The molecule has 3 saturated carbocycles. The lowest BCUT2D eigenvalue weighted by atomic mass is 9.39. The van der Waals surface area contributed by atoms with Crippen LogP contribution in [0.15, 0.2) is 0 Å². The van der Waals surface area contributed by atoms with Crippen LogP contribution < -0.4 is 0 Å². The Kier molecular flexibility index (Phi) is 3.32. The van der Waals surface area contributed by atoms with Gasteiger partial charge in [-0.15, -0.1) is 0 Å². The minimum Gasteiger partial charge on any atom is -0.465 e. The Morgan fingerprint density at radius 2 is 1.63 bits per heavy atom. The fourth-order valence-electron chi connectivity index (χ4n) is 8.23. The number of hydrogen-bond donors (Lipinski definition) is 0. The number of hydrogen-bond acceptors (Lipinski definition) is 5. The second kappa shape index (κ2) is 5.03. The predicted octanol–water partition coefficient (Wildman–Crippen LogP) is 3.09. The molecule has 5 nitrogen and oxygen atoms in total. The lowest BCUT2D eigenvalue weighted by Crippen LogP contribution is -2.67. The molecule has 2 heterocycles. The van der Waals surface area contributed by atoms with E-state index in [4.69, 9.17) is 9.47 Å². The number of ether oxygens (including phenoxy) is 2. The number of fused-ring (bicyclic) bond motifs is 3. The van der Waals surface area contributed by atoms with E-state index in [1.165, 1.54) is 0 Å². The molecule has 27 heavy (non-hydrogen) atoms.